The first kappa shape index (κ1) is 23.1. The number of nitrogens with zero attached hydrogens (tertiary/aromatic N) is 2. The maximum atomic E-state index is 12.1. The van der Waals surface area contributed by atoms with E-state index in [9.17, 15) is 16.8 Å². The zero-order valence-electron chi connectivity index (χ0n) is 16.3. The van der Waals surface area contributed by atoms with Gasteiger partial charge in [-0.1, -0.05) is 0 Å². The molecular weight excluding hydrogens is 428 g/mol. The Kier molecular flexibility index (Phi) is 6.97. The van der Waals surface area contributed by atoms with Crippen LogP contribution >= 0.6 is 0 Å². The molecule has 0 fully saturated rings. The number of hydrogen-bond acceptors (Lipinski definition) is 8. The Morgan fingerprint density at radius 1 is 0.733 bits per heavy atom. The number of primary sulfonamides is 1. The molecule has 160 valence electrons. The minimum Gasteiger partial charge on any atom is -0.399 e. The molecule has 12 heteroatoms. The fourth-order valence-electron chi connectivity index (χ4n) is 2.26. The highest BCUT2D eigenvalue weighted by Crippen LogP contribution is 2.15. The molecule has 0 aliphatic rings. The van der Waals surface area contributed by atoms with Gasteiger partial charge in [0.2, 0.25) is 16.0 Å². The van der Waals surface area contributed by atoms with Gasteiger partial charge in [0.1, 0.15) is 0 Å². The summed E-state index contributed by atoms with van der Waals surface area (Å²) in [6.07, 6.45) is 0. The molecule has 0 bridgehead atoms. The highest BCUT2D eigenvalue weighted by atomic mass is 32.2. The van der Waals surface area contributed by atoms with Crippen molar-refractivity contribution >= 4 is 37.4 Å². The van der Waals surface area contributed by atoms with Crippen LogP contribution in [0.15, 0.2) is 64.4 Å². The molecule has 3 rings (SSSR count). The molecule has 0 aliphatic carbocycles. The van der Waals surface area contributed by atoms with Crippen molar-refractivity contribution in [3.05, 3.63) is 66.0 Å². The van der Waals surface area contributed by atoms with Crippen LogP contribution in [0.5, 0.6) is 0 Å². The van der Waals surface area contributed by atoms with Gasteiger partial charge >= 0.3 is 0 Å². The minimum atomic E-state index is -3.69. The van der Waals surface area contributed by atoms with Crippen LogP contribution in [-0.2, 0) is 20.0 Å². The van der Waals surface area contributed by atoms with Gasteiger partial charge in [0.15, 0.2) is 0 Å². The maximum absolute atomic E-state index is 12.1. The van der Waals surface area contributed by atoms with E-state index in [2.05, 4.69) is 14.7 Å². The van der Waals surface area contributed by atoms with Crippen LogP contribution in [0, 0.1) is 13.8 Å². The van der Waals surface area contributed by atoms with E-state index in [1.54, 1.807) is 19.9 Å². The van der Waals surface area contributed by atoms with Gasteiger partial charge in [-0.2, -0.15) is 0 Å². The zero-order valence-corrected chi connectivity index (χ0v) is 17.9. The number of nitrogens with two attached hydrogens (primary N) is 3. The molecule has 0 spiro atoms. The highest BCUT2D eigenvalue weighted by molar-refractivity contribution is 7.92. The van der Waals surface area contributed by atoms with E-state index >= 15 is 0 Å². The van der Waals surface area contributed by atoms with Crippen LogP contribution in [0.2, 0.25) is 0 Å². The van der Waals surface area contributed by atoms with Crippen LogP contribution in [0.4, 0.5) is 17.3 Å². The predicted molar refractivity (Wildman–Crippen MR) is 115 cm³/mol. The Balaban J connectivity index is 0.000000248. The number of sulfonamides is 2. The van der Waals surface area contributed by atoms with E-state index < -0.39 is 20.0 Å². The fourth-order valence-corrected chi connectivity index (χ4v) is 3.71. The summed E-state index contributed by atoms with van der Waals surface area (Å²) in [6, 6.07) is 13.4. The molecule has 7 N–H and O–H groups in total. The fraction of sp³-hybridized carbons (Fsp3) is 0.111. The summed E-state index contributed by atoms with van der Waals surface area (Å²) in [7, 11) is -7.27. The lowest BCUT2D eigenvalue weighted by atomic mass is 10.3. The van der Waals surface area contributed by atoms with E-state index in [1.807, 2.05) is 0 Å². The van der Waals surface area contributed by atoms with E-state index in [-0.39, 0.29) is 15.7 Å². The summed E-state index contributed by atoms with van der Waals surface area (Å²) in [5.74, 6) is 0.0642. The third-order valence-electron chi connectivity index (χ3n) is 3.61. The Bertz CT molecular complexity index is 1210. The molecule has 0 aliphatic heterocycles. The molecule has 10 nitrogen and oxygen atoms in total. The first-order valence-corrected chi connectivity index (χ1v) is 11.5. The van der Waals surface area contributed by atoms with Crippen molar-refractivity contribution in [3.8, 4) is 0 Å². The number of rotatable bonds is 4. The quantitative estimate of drug-likeness (QED) is 0.429. The van der Waals surface area contributed by atoms with E-state index in [0.29, 0.717) is 22.8 Å². The van der Waals surface area contributed by atoms with Gasteiger partial charge < -0.3 is 11.5 Å². The van der Waals surface area contributed by atoms with Gasteiger partial charge in [-0.05, 0) is 68.4 Å². The number of anilines is 3. The molecule has 0 atom stereocenters. The van der Waals surface area contributed by atoms with Crippen molar-refractivity contribution < 1.29 is 16.8 Å². The molecule has 30 heavy (non-hydrogen) atoms. The Hall–Kier alpha value is -3.22. The van der Waals surface area contributed by atoms with Crippen molar-refractivity contribution in [3.63, 3.8) is 0 Å². The number of hydrogen-bond donors (Lipinski definition) is 4. The van der Waals surface area contributed by atoms with Gasteiger partial charge in [-0.15, -0.1) is 0 Å². The average molecular weight is 451 g/mol. The summed E-state index contributed by atoms with van der Waals surface area (Å²) in [5, 5.41) is 4.84. The molecule has 0 amide bonds. The third-order valence-corrected chi connectivity index (χ3v) is 5.88. The second-order valence-corrected chi connectivity index (χ2v) is 9.51. The highest BCUT2D eigenvalue weighted by Gasteiger charge is 2.15. The SMILES string of the molecule is Cc1cc(C)nc(NS(=O)(=O)c2ccc(N)cc2)n1.Nc1ccc(S(N)(=O)=O)cc1. The van der Waals surface area contributed by atoms with Crippen LogP contribution in [0.3, 0.4) is 0 Å². The largest absolute Gasteiger partial charge is 0.399 e. The van der Waals surface area contributed by atoms with Gasteiger partial charge in [-0.3, -0.25) is 0 Å². The smallest absolute Gasteiger partial charge is 0.264 e. The molecular formula is C18H22N6O4S2. The molecule has 0 saturated heterocycles. The molecule has 2 aromatic carbocycles. The Labute approximate surface area is 175 Å². The van der Waals surface area contributed by atoms with Gasteiger partial charge in [0.25, 0.3) is 10.0 Å². The summed E-state index contributed by atoms with van der Waals surface area (Å²) in [4.78, 5) is 8.26. The third kappa shape index (κ3) is 6.69. The van der Waals surface area contributed by atoms with Crippen molar-refractivity contribution in [2.75, 3.05) is 16.2 Å². The monoisotopic (exact) mass is 450 g/mol. The zero-order chi connectivity index (χ0) is 22.5. The lowest BCUT2D eigenvalue weighted by Gasteiger charge is -2.08. The first-order valence-electron chi connectivity index (χ1n) is 8.46. The Morgan fingerprint density at radius 2 is 1.13 bits per heavy atom. The van der Waals surface area contributed by atoms with E-state index in [0.717, 1.165) is 0 Å². The van der Waals surface area contributed by atoms with Gasteiger partial charge in [-0.25, -0.2) is 36.7 Å². The average Bonchev–Trinajstić information content (AvgIpc) is 2.61. The van der Waals surface area contributed by atoms with Gasteiger partial charge in [0.05, 0.1) is 9.79 Å². The number of aryl methyl sites for hydroxylation is 2. The van der Waals surface area contributed by atoms with Crippen LogP contribution in [0.1, 0.15) is 11.4 Å². The minimum absolute atomic E-state index is 0.0642. The van der Waals surface area contributed by atoms with Crippen LogP contribution < -0.4 is 21.3 Å². The number of benzene rings is 2. The number of nitrogen functional groups attached to an aromatic ring is 2. The van der Waals surface area contributed by atoms with E-state index in [1.165, 1.54) is 48.5 Å². The normalized spacial score (nSPS) is 11.3. The first-order chi connectivity index (χ1) is 13.9. The molecule has 1 heterocycles. The topological polar surface area (TPSA) is 184 Å². The van der Waals surface area contributed by atoms with Crippen LogP contribution in [0.25, 0.3) is 0 Å². The second-order valence-electron chi connectivity index (χ2n) is 6.26. The standard InChI is InChI=1S/C12H14N4O2S.C6H8N2O2S/c1-8-7-9(2)15-12(14-8)16-19(17,18)11-5-3-10(13)4-6-11;7-5-1-3-6(4-2-5)11(8,9)10/h3-7H,13H2,1-2H3,(H,14,15,16);1-4H,7H2,(H2,8,9,10). The van der Waals surface area contributed by atoms with Gasteiger partial charge in [0, 0.05) is 22.8 Å². The molecule has 0 radical (unpaired) electrons. The summed E-state index contributed by atoms with van der Waals surface area (Å²) in [5.41, 5.74) is 13.3. The van der Waals surface area contributed by atoms with Crippen molar-refractivity contribution in [2.45, 2.75) is 23.6 Å². The van der Waals surface area contributed by atoms with E-state index in [4.69, 9.17) is 16.6 Å². The molecule has 3 aromatic rings. The number of aromatic nitrogens is 2. The molecule has 0 unspecified atom stereocenters. The predicted octanol–water partition coefficient (Wildman–Crippen LogP) is 1.39. The number of nitrogens with one attached hydrogen (secondary N) is 1. The summed E-state index contributed by atoms with van der Waals surface area (Å²) < 4.78 is 47.9. The summed E-state index contributed by atoms with van der Waals surface area (Å²) >= 11 is 0. The molecule has 1 aromatic heterocycles. The Morgan fingerprint density at radius 3 is 1.53 bits per heavy atom. The van der Waals surface area contributed by atoms with Crippen molar-refractivity contribution in [2.24, 2.45) is 5.14 Å². The lowest BCUT2D eigenvalue weighted by molar-refractivity contribution is 0.597. The molecule has 0 saturated carbocycles. The lowest BCUT2D eigenvalue weighted by Crippen LogP contribution is -2.15. The maximum Gasteiger partial charge on any atom is 0.264 e. The second kappa shape index (κ2) is 9.07. The van der Waals surface area contributed by atoms with Crippen molar-refractivity contribution in [1.29, 1.82) is 0 Å². The summed E-state index contributed by atoms with van der Waals surface area (Å²) in [6.45, 7) is 3.55. The van der Waals surface area contributed by atoms with Crippen molar-refractivity contribution in [1.82, 2.24) is 9.97 Å². The van der Waals surface area contributed by atoms with Crippen LogP contribution in [-0.4, -0.2) is 26.8 Å².